The summed E-state index contributed by atoms with van der Waals surface area (Å²) in [5.41, 5.74) is 2.21. The molecular formula is C16H13FN4O. The van der Waals surface area contributed by atoms with Crippen LogP contribution in [0.25, 0.3) is 22.2 Å². The van der Waals surface area contributed by atoms with Crippen molar-refractivity contribution in [1.29, 1.82) is 0 Å². The number of nitrogens with zero attached hydrogens (tertiary/aromatic N) is 3. The number of nitrogens with one attached hydrogen (secondary N) is 1. The lowest BCUT2D eigenvalue weighted by molar-refractivity contribution is 0.410. The molecule has 0 unspecified atom stereocenters. The molecule has 2 N–H and O–H groups in total. The molecule has 0 atom stereocenters. The molecule has 3 aromatic rings. The highest BCUT2D eigenvalue weighted by atomic mass is 19.1. The molecule has 0 aliphatic carbocycles. The molecule has 0 fully saturated rings. The monoisotopic (exact) mass is 296 g/mol. The quantitative estimate of drug-likeness (QED) is 0.723. The first kappa shape index (κ1) is 13.9. The third-order valence-corrected chi connectivity index (χ3v) is 3.13. The van der Waals surface area contributed by atoms with Crippen molar-refractivity contribution in [2.24, 2.45) is 0 Å². The topological polar surface area (TPSA) is 70.9 Å². The van der Waals surface area contributed by atoms with Crippen molar-refractivity contribution in [2.45, 2.75) is 0 Å². The number of hydrogen-bond donors (Lipinski definition) is 2. The van der Waals surface area contributed by atoms with Gasteiger partial charge in [0.25, 0.3) is 0 Å². The lowest BCUT2D eigenvalue weighted by Gasteiger charge is -2.08. The van der Waals surface area contributed by atoms with Crippen LogP contribution in [0.2, 0.25) is 0 Å². The molecule has 0 aliphatic rings. The average molecular weight is 296 g/mol. The van der Waals surface area contributed by atoms with Crippen molar-refractivity contribution in [2.75, 3.05) is 11.9 Å². The zero-order chi connectivity index (χ0) is 15.5. The van der Waals surface area contributed by atoms with E-state index in [4.69, 9.17) is 0 Å². The molecule has 1 aromatic carbocycles. The molecule has 0 aliphatic heterocycles. The van der Waals surface area contributed by atoms with Gasteiger partial charge >= 0.3 is 0 Å². The molecule has 0 spiro atoms. The van der Waals surface area contributed by atoms with Gasteiger partial charge in [-0.3, -0.25) is 0 Å². The Bertz CT molecular complexity index is 833. The standard InChI is InChI=1S/C16H13FN4O/c1-10(22)7-18-15-14-6-12(8-19-16(14)21-9-20-15)11-2-4-13(17)5-3-11/h2-6,8-9,22H,1,7H2,(H,18,19,20,21). The molecule has 2 aromatic heterocycles. The highest BCUT2D eigenvalue weighted by Gasteiger charge is 2.07. The third-order valence-electron chi connectivity index (χ3n) is 3.13. The SMILES string of the molecule is C=C(O)CNc1ncnc2ncc(-c3ccc(F)cc3)cc12. The van der Waals surface area contributed by atoms with Gasteiger partial charge in [-0.1, -0.05) is 18.7 Å². The first-order chi connectivity index (χ1) is 10.6. The minimum atomic E-state index is -0.287. The van der Waals surface area contributed by atoms with E-state index in [0.717, 1.165) is 11.1 Å². The number of aromatic nitrogens is 3. The summed E-state index contributed by atoms with van der Waals surface area (Å²) < 4.78 is 13.0. The Hall–Kier alpha value is -3.02. The van der Waals surface area contributed by atoms with E-state index in [2.05, 4.69) is 26.8 Å². The maximum atomic E-state index is 13.0. The fourth-order valence-electron chi connectivity index (χ4n) is 2.07. The van der Waals surface area contributed by atoms with E-state index in [-0.39, 0.29) is 18.1 Å². The number of aliphatic hydroxyl groups is 1. The second-order valence-electron chi connectivity index (χ2n) is 4.74. The van der Waals surface area contributed by atoms with Crippen molar-refractivity contribution in [3.8, 4) is 11.1 Å². The molecule has 0 saturated heterocycles. The molecule has 2 heterocycles. The van der Waals surface area contributed by atoms with E-state index < -0.39 is 0 Å². The number of aliphatic hydroxyl groups excluding tert-OH is 1. The molecule has 3 rings (SSSR count). The highest BCUT2D eigenvalue weighted by Crippen LogP contribution is 2.25. The van der Waals surface area contributed by atoms with Gasteiger partial charge in [-0.15, -0.1) is 0 Å². The van der Waals surface area contributed by atoms with Crippen LogP contribution in [0.4, 0.5) is 10.2 Å². The van der Waals surface area contributed by atoms with Crippen molar-refractivity contribution < 1.29 is 9.50 Å². The van der Waals surface area contributed by atoms with Gasteiger partial charge in [-0.25, -0.2) is 19.3 Å². The van der Waals surface area contributed by atoms with Crippen LogP contribution >= 0.6 is 0 Å². The van der Waals surface area contributed by atoms with Crippen LogP contribution in [-0.2, 0) is 0 Å². The summed E-state index contributed by atoms with van der Waals surface area (Å²) in [6, 6.07) is 8.04. The molecule has 0 radical (unpaired) electrons. The van der Waals surface area contributed by atoms with E-state index in [0.29, 0.717) is 16.9 Å². The van der Waals surface area contributed by atoms with Gasteiger partial charge in [-0.05, 0) is 23.8 Å². The first-order valence-electron chi connectivity index (χ1n) is 6.61. The summed E-state index contributed by atoms with van der Waals surface area (Å²) in [5, 5.41) is 12.9. The van der Waals surface area contributed by atoms with Gasteiger partial charge in [0.1, 0.15) is 23.7 Å². The minimum Gasteiger partial charge on any atom is -0.511 e. The van der Waals surface area contributed by atoms with Crippen LogP contribution in [0.5, 0.6) is 0 Å². The Kier molecular flexibility index (Phi) is 3.65. The fourth-order valence-corrected chi connectivity index (χ4v) is 2.07. The van der Waals surface area contributed by atoms with Crippen LogP contribution in [0.3, 0.4) is 0 Å². The fraction of sp³-hybridized carbons (Fsp3) is 0.0625. The van der Waals surface area contributed by atoms with Gasteiger partial charge in [0.05, 0.1) is 11.9 Å². The molecule has 0 bridgehead atoms. The summed E-state index contributed by atoms with van der Waals surface area (Å²) in [7, 11) is 0. The smallest absolute Gasteiger partial charge is 0.164 e. The number of hydrogen-bond acceptors (Lipinski definition) is 5. The third kappa shape index (κ3) is 2.85. The Balaban J connectivity index is 2.05. The van der Waals surface area contributed by atoms with E-state index in [9.17, 15) is 9.50 Å². The molecule has 6 heteroatoms. The van der Waals surface area contributed by atoms with Crippen molar-refractivity contribution >= 4 is 16.9 Å². The zero-order valence-electron chi connectivity index (χ0n) is 11.6. The van der Waals surface area contributed by atoms with Gasteiger partial charge in [0.15, 0.2) is 5.65 Å². The summed E-state index contributed by atoms with van der Waals surface area (Å²) in [6.07, 6.45) is 3.08. The normalized spacial score (nSPS) is 10.6. The van der Waals surface area contributed by atoms with Crippen molar-refractivity contribution in [3.63, 3.8) is 0 Å². The maximum absolute atomic E-state index is 13.0. The van der Waals surface area contributed by atoms with Crippen LogP contribution in [0.15, 0.2) is 55.2 Å². The predicted octanol–water partition coefficient (Wildman–Crippen LogP) is 3.31. The zero-order valence-corrected chi connectivity index (χ0v) is 11.6. The van der Waals surface area contributed by atoms with Crippen LogP contribution in [0.1, 0.15) is 0 Å². The molecule has 0 amide bonds. The van der Waals surface area contributed by atoms with Crippen molar-refractivity contribution in [3.05, 3.63) is 61.0 Å². The Labute approximate surface area is 126 Å². The number of fused-ring (bicyclic) bond motifs is 1. The second-order valence-corrected chi connectivity index (χ2v) is 4.74. The van der Waals surface area contributed by atoms with E-state index in [1.54, 1.807) is 18.3 Å². The number of anilines is 1. The Morgan fingerprint density at radius 3 is 2.64 bits per heavy atom. The first-order valence-corrected chi connectivity index (χ1v) is 6.61. The lowest BCUT2D eigenvalue weighted by atomic mass is 10.1. The van der Waals surface area contributed by atoms with Crippen LogP contribution < -0.4 is 5.32 Å². The largest absolute Gasteiger partial charge is 0.511 e. The minimum absolute atomic E-state index is 0.00871. The summed E-state index contributed by atoms with van der Waals surface area (Å²) in [4.78, 5) is 12.6. The number of pyridine rings is 1. The Morgan fingerprint density at radius 1 is 1.14 bits per heavy atom. The van der Waals surface area contributed by atoms with Gasteiger partial charge in [0.2, 0.25) is 0 Å². The van der Waals surface area contributed by atoms with Crippen LogP contribution in [-0.4, -0.2) is 26.6 Å². The average Bonchev–Trinajstić information content (AvgIpc) is 2.53. The molecule has 110 valence electrons. The maximum Gasteiger partial charge on any atom is 0.164 e. The van der Waals surface area contributed by atoms with Gasteiger partial charge < -0.3 is 10.4 Å². The van der Waals surface area contributed by atoms with Gasteiger partial charge in [-0.2, -0.15) is 0 Å². The molecule has 22 heavy (non-hydrogen) atoms. The number of rotatable bonds is 4. The predicted molar refractivity (Wildman–Crippen MR) is 83.0 cm³/mol. The van der Waals surface area contributed by atoms with Crippen molar-refractivity contribution in [1.82, 2.24) is 15.0 Å². The molecular weight excluding hydrogens is 283 g/mol. The second kappa shape index (κ2) is 5.77. The van der Waals surface area contributed by atoms with E-state index in [1.165, 1.54) is 18.5 Å². The van der Waals surface area contributed by atoms with Gasteiger partial charge in [0, 0.05) is 11.8 Å². The lowest BCUT2D eigenvalue weighted by Crippen LogP contribution is -2.06. The number of benzene rings is 1. The molecule has 0 saturated carbocycles. The number of halogens is 1. The molecule has 5 nitrogen and oxygen atoms in total. The van der Waals surface area contributed by atoms with Crippen LogP contribution in [0, 0.1) is 5.82 Å². The summed E-state index contributed by atoms with van der Waals surface area (Å²) in [5.74, 6) is 0.274. The highest BCUT2D eigenvalue weighted by molar-refractivity contribution is 5.89. The van der Waals surface area contributed by atoms with E-state index >= 15 is 0 Å². The summed E-state index contributed by atoms with van der Waals surface area (Å²) >= 11 is 0. The van der Waals surface area contributed by atoms with E-state index in [1.807, 2.05) is 6.07 Å². The Morgan fingerprint density at radius 2 is 1.91 bits per heavy atom. The summed E-state index contributed by atoms with van der Waals surface area (Å²) in [6.45, 7) is 3.61.